The third kappa shape index (κ3) is 3.03. The molecule has 0 saturated heterocycles. The third-order valence-electron chi connectivity index (χ3n) is 4.28. The van der Waals surface area contributed by atoms with Crippen LogP contribution in [0.1, 0.15) is 25.0 Å². The zero-order valence-electron chi connectivity index (χ0n) is 13.2. The summed E-state index contributed by atoms with van der Waals surface area (Å²) in [4.78, 5) is 2.27. The van der Waals surface area contributed by atoms with Gasteiger partial charge >= 0.3 is 0 Å². The van der Waals surface area contributed by atoms with Gasteiger partial charge in [0, 0.05) is 19.0 Å². The van der Waals surface area contributed by atoms with Gasteiger partial charge in [-0.15, -0.1) is 0 Å². The van der Waals surface area contributed by atoms with E-state index < -0.39 is 0 Å². The first-order chi connectivity index (χ1) is 10.7. The number of phenolic OH excluding ortho intramolecular Hbond substituents is 1. The van der Waals surface area contributed by atoms with Gasteiger partial charge in [-0.2, -0.15) is 0 Å². The van der Waals surface area contributed by atoms with Crippen molar-refractivity contribution in [3.05, 3.63) is 53.6 Å². The summed E-state index contributed by atoms with van der Waals surface area (Å²) in [5.74, 6) is 1.15. The van der Waals surface area contributed by atoms with E-state index in [9.17, 15) is 5.11 Å². The Kier molecular flexibility index (Phi) is 4.23. The number of benzene rings is 2. The number of likely N-dealkylation sites (N-methyl/N-ethyl adjacent to an activating group) is 1. The molecular weight excluding hydrogens is 274 g/mol. The molecule has 22 heavy (non-hydrogen) atoms. The summed E-state index contributed by atoms with van der Waals surface area (Å²) in [6, 6.07) is 14.1. The van der Waals surface area contributed by atoms with Crippen molar-refractivity contribution in [2.24, 2.45) is 0 Å². The summed E-state index contributed by atoms with van der Waals surface area (Å²) in [7, 11) is 0. The van der Waals surface area contributed by atoms with Gasteiger partial charge in [-0.25, -0.2) is 0 Å². The summed E-state index contributed by atoms with van der Waals surface area (Å²) >= 11 is 0. The molecule has 1 heterocycles. The molecule has 2 aromatic rings. The molecule has 0 amide bonds. The molecule has 1 aliphatic heterocycles. The van der Waals surface area contributed by atoms with E-state index in [0.29, 0.717) is 0 Å². The fraction of sp³-hybridized carbons (Fsp3) is 0.368. The Bertz CT molecular complexity index is 636. The van der Waals surface area contributed by atoms with E-state index in [1.807, 2.05) is 6.07 Å². The maximum atomic E-state index is 9.67. The van der Waals surface area contributed by atoms with Crippen molar-refractivity contribution < 1.29 is 9.84 Å². The van der Waals surface area contributed by atoms with Crippen LogP contribution in [0, 0.1) is 0 Å². The van der Waals surface area contributed by atoms with Crippen LogP contribution in [-0.4, -0.2) is 24.3 Å². The van der Waals surface area contributed by atoms with Crippen LogP contribution in [-0.2, 0) is 12.8 Å². The van der Waals surface area contributed by atoms with Crippen molar-refractivity contribution in [2.45, 2.75) is 32.8 Å². The van der Waals surface area contributed by atoms with E-state index in [-0.39, 0.29) is 11.9 Å². The predicted octanol–water partition coefficient (Wildman–Crippen LogP) is 3.78. The van der Waals surface area contributed by atoms with Gasteiger partial charge in [-0.05, 0) is 36.6 Å². The van der Waals surface area contributed by atoms with Crippen LogP contribution < -0.4 is 9.64 Å². The minimum absolute atomic E-state index is 0.143. The highest BCUT2D eigenvalue weighted by atomic mass is 16.5. The Morgan fingerprint density at radius 2 is 1.82 bits per heavy atom. The van der Waals surface area contributed by atoms with E-state index in [4.69, 9.17) is 4.74 Å². The van der Waals surface area contributed by atoms with E-state index in [1.165, 1.54) is 11.1 Å². The molecule has 0 aliphatic carbocycles. The molecule has 0 aromatic heterocycles. The Morgan fingerprint density at radius 1 is 1.09 bits per heavy atom. The van der Waals surface area contributed by atoms with Gasteiger partial charge in [0.25, 0.3) is 0 Å². The molecule has 2 aromatic carbocycles. The molecule has 0 radical (unpaired) electrons. The van der Waals surface area contributed by atoms with Gasteiger partial charge in [0.2, 0.25) is 0 Å². The predicted molar refractivity (Wildman–Crippen MR) is 89.9 cm³/mol. The smallest absolute Gasteiger partial charge is 0.143 e. The van der Waals surface area contributed by atoms with Crippen molar-refractivity contribution in [2.75, 3.05) is 18.0 Å². The summed E-state index contributed by atoms with van der Waals surface area (Å²) in [5, 5.41) is 9.67. The summed E-state index contributed by atoms with van der Waals surface area (Å²) < 4.78 is 6.13. The van der Waals surface area contributed by atoms with Crippen LogP contribution in [0.15, 0.2) is 42.5 Å². The zero-order valence-corrected chi connectivity index (χ0v) is 13.2. The summed E-state index contributed by atoms with van der Waals surface area (Å²) in [5.41, 5.74) is 3.66. The number of phenols is 1. The van der Waals surface area contributed by atoms with E-state index in [1.54, 1.807) is 12.1 Å². The molecule has 3 heteroatoms. The lowest BCUT2D eigenvalue weighted by Gasteiger charge is -2.35. The lowest BCUT2D eigenvalue weighted by atomic mass is 10.0. The van der Waals surface area contributed by atoms with Crippen LogP contribution in [0.5, 0.6) is 11.5 Å². The second-order valence-corrected chi connectivity index (χ2v) is 5.80. The second kappa shape index (κ2) is 6.30. The molecule has 0 saturated carbocycles. The number of aromatic hydroxyl groups is 1. The standard InChI is InChI=1S/C19H23NO2/c1-3-14-5-7-15(8-6-14)11-17-13-20(4-2)18-12-16(21)9-10-19(18)22-17/h5-10,12,17,21H,3-4,11,13H2,1-2H3. The van der Waals surface area contributed by atoms with Gasteiger partial charge in [-0.3, -0.25) is 0 Å². The van der Waals surface area contributed by atoms with Crippen molar-refractivity contribution in [3.8, 4) is 11.5 Å². The third-order valence-corrected chi connectivity index (χ3v) is 4.28. The van der Waals surface area contributed by atoms with Crippen LogP contribution in [0.4, 0.5) is 5.69 Å². The fourth-order valence-corrected chi connectivity index (χ4v) is 2.99. The Morgan fingerprint density at radius 3 is 2.50 bits per heavy atom. The largest absolute Gasteiger partial charge is 0.508 e. The van der Waals surface area contributed by atoms with Crippen LogP contribution >= 0.6 is 0 Å². The van der Waals surface area contributed by atoms with Gasteiger partial charge in [0.15, 0.2) is 0 Å². The number of ether oxygens (including phenoxy) is 1. The van der Waals surface area contributed by atoms with Crippen molar-refractivity contribution in [3.63, 3.8) is 0 Å². The van der Waals surface area contributed by atoms with E-state index in [0.717, 1.165) is 37.4 Å². The highest BCUT2D eigenvalue weighted by molar-refractivity contribution is 5.62. The van der Waals surface area contributed by atoms with Gasteiger partial charge in [0.05, 0.1) is 12.2 Å². The Balaban J connectivity index is 1.77. The number of nitrogens with zero attached hydrogens (tertiary/aromatic N) is 1. The highest BCUT2D eigenvalue weighted by Crippen LogP contribution is 2.36. The normalized spacial score (nSPS) is 17.0. The monoisotopic (exact) mass is 297 g/mol. The molecule has 1 aliphatic rings. The lowest BCUT2D eigenvalue weighted by molar-refractivity contribution is 0.194. The number of hydrogen-bond acceptors (Lipinski definition) is 3. The summed E-state index contributed by atoms with van der Waals surface area (Å²) in [6.45, 7) is 6.06. The van der Waals surface area contributed by atoms with Gasteiger partial charge in [-0.1, -0.05) is 31.2 Å². The van der Waals surface area contributed by atoms with Crippen LogP contribution in [0.3, 0.4) is 0 Å². The topological polar surface area (TPSA) is 32.7 Å². The first kappa shape index (κ1) is 14.8. The minimum atomic E-state index is 0.143. The fourth-order valence-electron chi connectivity index (χ4n) is 2.99. The average molecular weight is 297 g/mol. The highest BCUT2D eigenvalue weighted by Gasteiger charge is 2.25. The van der Waals surface area contributed by atoms with Gasteiger partial charge < -0.3 is 14.7 Å². The minimum Gasteiger partial charge on any atom is -0.508 e. The Labute approximate surface area is 132 Å². The van der Waals surface area contributed by atoms with Gasteiger partial charge in [0.1, 0.15) is 17.6 Å². The molecule has 0 bridgehead atoms. The molecule has 116 valence electrons. The molecule has 0 fully saturated rings. The quantitative estimate of drug-likeness (QED) is 0.932. The molecule has 3 nitrogen and oxygen atoms in total. The van der Waals surface area contributed by atoms with E-state index >= 15 is 0 Å². The lowest BCUT2D eigenvalue weighted by Crippen LogP contribution is -2.41. The van der Waals surface area contributed by atoms with Crippen molar-refractivity contribution in [1.29, 1.82) is 0 Å². The number of hydrogen-bond donors (Lipinski definition) is 1. The number of rotatable bonds is 4. The molecule has 0 spiro atoms. The molecule has 1 N–H and O–H groups in total. The SMILES string of the molecule is CCc1ccc(CC2CN(CC)c3cc(O)ccc3O2)cc1. The number of aryl methyl sites for hydroxylation is 1. The van der Waals surface area contributed by atoms with Crippen molar-refractivity contribution >= 4 is 5.69 Å². The molecule has 1 atom stereocenters. The molecule has 3 rings (SSSR count). The maximum Gasteiger partial charge on any atom is 0.143 e. The first-order valence-electron chi connectivity index (χ1n) is 8.02. The number of fused-ring (bicyclic) bond motifs is 1. The average Bonchev–Trinajstić information content (AvgIpc) is 2.55. The molecular formula is C19H23NO2. The van der Waals surface area contributed by atoms with Crippen LogP contribution in [0.25, 0.3) is 0 Å². The van der Waals surface area contributed by atoms with E-state index in [2.05, 4.69) is 43.0 Å². The zero-order chi connectivity index (χ0) is 15.5. The summed E-state index contributed by atoms with van der Waals surface area (Å²) in [6.07, 6.45) is 2.12. The maximum absolute atomic E-state index is 9.67. The number of anilines is 1. The Hall–Kier alpha value is -2.16. The second-order valence-electron chi connectivity index (χ2n) is 5.80. The molecule has 1 unspecified atom stereocenters. The van der Waals surface area contributed by atoms with Crippen LogP contribution in [0.2, 0.25) is 0 Å². The van der Waals surface area contributed by atoms with Crippen molar-refractivity contribution in [1.82, 2.24) is 0 Å². The first-order valence-corrected chi connectivity index (χ1v) is 8.02.